The van der Waals surface area contributed by atoms with Crippen LogP contribution in [0, 0.1) is 0 Å². The first-order chi connectivity index (χ1) is 9.74. The molecule has 2 rings (SSSR count). The van der Waals surface area contributed by atoms with Gasteiger partial charge >= 0.3 is 0 Å². The lowest BCUT2D eigenvalue weighted by Gasteiger charge is -2.20. The Kier molecular flexibility index (Phi) is 4.63. The van der Waals surface area contributed by atoms with Crippen LogP contribution in [0.15, 0.2) is 60.7 Å². The Morgan fingerprint density at radius 1 is 0.800 bits per heavy atom. The molecule has 4 heteroatoms. The molecule has 2 aromatic carbocycles. The second-order valence-electron chi connectivity index (χ2n) is 4.28. The van der Waals surface area contributed by atoms with Gasteiger partial charge in [0.15, 0.2) is 0 Å². The molecule has 0 saturated carbocycles. The largest absolute Gasteiger partial charge is 0.329 e. The highest BCUT2D eigenvalue weighted by atomic mass is 16.2. The molecule has 0 aliphatic rings. The van der Waals surface area contributed by atoms with Crippen molar-refractivity contribution in [3.63, 3.8) is 0 Å². The number of nitrogens with zero attached hydrogens (tertiary/aromatic N) is 1. The Bertz CT molecular complexity index is 530. The number of hydrogen-bond acceptors (Lipinski definition) is 3. The van der Waals surface area contributed by atoms with Crippen LogP contribution in [0.4, 0.5) is 0 Å². The maximum Gasteiger partial charge on any atom is 0.260 e. The van der Waals surface area contributed by atoms with E-state index in [0.717, 1.165) is 0 Å². The van der Waals surface area contributed by atoms with Gasteiger partial charge in [0, 0.05) is 24.2 Å². The van der Waals surface area contributed by atoms with Gasteiger partial charge in [-0.25, -0.2) is 0 Å². The summed E-state index contributed by atoms with van der Waals surface area (Å²) in [5.41, 5.74) is 6.47. The zero-order valence-corrected chi connectivity index (χ0v) is 11.0. The number of hydrogen-bond donors (Lipinski definition) is 1. The normalized spacial score (nSPS) is 10.1. The lowest BCUT2D eigenvalue weighted by molar-refractivity contribution is 0.0621. The highest BCUT2D eigenvalue weighted by molar-refractivity contribution is 6.10. The Morgan fingerprint density at radius 3 is 1.55 bits per heavy atom. The summed E-state index contributed by atoms with van der Waals surface area (Å²) in [5.74, 6) is -0.658. The quantitative estimate of drug-likeness (QED) is 0.862. The van der Waals surface area contributed by atoms with Crippen molar-refractivity contribution < 1.29 is 9.59 Å². The fourth-order valence-electron chi connectivity index (χ4n) is 1.90. The molecule has 0 atom stereocenters. The Morgan fingerprint density at radius 2 is 1.20 bits per heavy atom. The molecule has 0 aliphatic heterocycles. The summed E-state index contributed by atoms with van der Waals surface area (Å²) in [6.07, 6.45) is 0. The number of carbonyl (C=O) groups is 2. The molecule has 20 heavy (non-hydrogen) atoms. The van der Waals surface area contributed by atoms with E-state index in [-0.39, 0.29) is 24.9 Å². The summed E-state index contributed by atoms with van der Waals surface area (Å²) < 4.78 is 0. The summed E-state index contributed by atoms with van der Waals surface area (Å²) in [7, 11) is 0. The van der Waals surface area contributed by atoms with Crippen molar-refractivity contribution in [1.29, 1.82) is 0 Å². The van der Waals surface area contributed by atoms with E-state index < -0.39 is 0 Å². The number of amides is 2. The molecule has 0 radical (unpaired) electrons. The molecule has 0 fully saturated rings. The zero-order valence-electron chi connectivity index (χ0n) is 11.0. The third-order valence-corrected chi connectivity index (χ3v) is 2.88. The fraction of sp³-hybridized carbons (Fsp3) is 0.125. The predicted octanol–water partition coefficient (Wildman–Crippen LogP) is 1.93. The maximum atomic E-state index is 12.4. The Labute approximate surface area is 117 Å². The van der Waals surface area contributed by atoms with Crippen LogP contribution in [0.25, 0.3) is 0 Å². The van der Waals surface area contributed by atoms with Crippen LogP contribution >= 0.6 is 0 Å². The molecule has 0 aliphatic carbocycles. The molecule has 4 nitrogen and oxygen atoms in total. The van der Waals surface area contributed by atoms with E-state index in [1.165, 1.54) is 4.90 Å². The third kappa shape index (κ3) is 3.10. The topological polar surface area (TPSA) is 63.4 Å². The van der Waals surface area contributed by atoms with Gasteiger partial charge in [0.1, 0.15) is 0 Å². The second kappa shape index (κ2) is 6.63. The van der Waals surface area contributed by atoms with E-state index >= 15 is 0 Å². The first-order valence-corrected chi connectivity index (χ1v) is 6.40. The predicted molar refractivity (Wildman–Crippen MR) is 77.3 cm³/mol. The van der Waals surface area contributed by atoms with Crippen LogP contribution in [0.3, 0.4) is 0 Å². The summed E-state index contributed by atoms with van der Waals surface area (Å²) in [4.78, 5) is 26.0. The van der Waals surface area contributed by atoms with Gasteiger partial charge in [0.05, 0.1) is 0 Å². The van der Waals surface area contributed by atoms with Gasteiger partial charge in [-0.2, -0.15) is 0 Å². The number of rotatable bonds is 4. The van der Waals surface area contributed by atoms with Gasteiger partial charge in [-0.05, 0) is 24.3 Å². The zero-order chi connectivity index (χ0) is 14.4. The van der Waals surface area contributed by atoms with E-state index in [1.807, 2.05) is 12.1 Å². The minimum atomic E-state index is -0.329. The van der Waals surface area contributed by atoms with E-state index in [2.05, 4.69) is 0 Å². The van der Waals surface area contributed by atoms with Gasteiger partial charge < -0.3 is 5.73 Å². The fourth-order valence-corrected chi connectivity index (χ4v) is 1.90. The lowest BCUT2D eigenvalue weighted by Crippen LogP contribution is -2.40. The standard InChI is InChI=1S/C16H16N2O2/c17-11-12-18(15(19)13-7-3-1-4-8-13)16(20)14-9-5-2-6-10-14/h1-10H,11-12,17H2. The van der Waals surface area contributed by atoms with Crippen LogP contribution in [-0.4, -0.2) is 29.8 Å². The Balaban J connectivity index is 2.27. The molecule has 0 unspecified atom stereocenters. The van der Waals surface area contributed by atoms with Crippen molar-refractivity contribution in [3.05, 3.63) is 71.8 Å². The van der Waals surface area contributed by atoms with E-state index in [0.29, 0.717) is 11.1 Å². The van der Waals surface area contributed by atoms with Gasteiger partial charge in [-0.15, -0.1) is 0 Å². The molecule has 0 saturated heterocycles. The van der Waals surface area contributed by atoms with Gasteiger partial charge in [-0.3, -0.25) is 14.5 Å². The number of benzene rings is 2. The second-order valence-corrected chi connectivity index (χ2v) is 4.28. The SMILES string of the molecule is NCCN(C(=O)c1ccccc1)C(=O)c1ccccc1. The summed E-state index contributed by atoms with van der Waals surface area (Å²) in [6.45, 7) is 0.429. The van der Waals surface area contributed by atoms with Crippen LogP contribution in [0.2, 0.25) is 0 Å². The average Bonchev–Trinajstić information content (AvgIpc) is 2.53. The summed E-state index contributed by atoms with van der Waals surface area (Å²) >= 11 is 0. The molecule has 0 spiro atoms. The minimum Gasteiger partial charge on any atom is -0.329 e. The number of nitrogens with two attached hydrogens (primary N) is 1. The molecule has 2 amide bonds. The minimum absolute atomic E-state index is 0.196. The van der Waals surface area contributed by atoms with Crippen LogP contribution in [0.5, 0.6) is 0 Å². The van der Waals surface area contributed by atoms with Gasteiger partial charge in [-0.1, -0.05) is 36.4 Å². The average molecular weight is 268 g/mol. The van der Waals surface area contributed by atoms with Crippen LogP contribution < -0.4 is 5.73 Å². The van der Waals surface area contributed by atoms with E-state index in [1.54, 1.807) is 48.5 Å². The molecule has 0 aromatic heterocycles. The third-order valence-electron chi connectivity index (χ3n) is 2.88. The molecular formula is C16H16N2O2. The summed E-state index contributed by atoms with van der Waals surface area (Å²) in [6, 6.07) is 17.4. The monoisotopic (exact) mass is 268 g/mol. The van der Waals surface area contributed by atoms with Gasteiger partial charge in [0.2, 0.25) is 0 Å². The number of imide groups is 1. The first kappa shape index (κ1) is 14.0. The summed E-state index contributed by atoms with van der Waals surface area (Å²) in [5, 5.41) is 0. The van der Waals surface area contributed by atoms with E-state index in [4.69, 9.17) is 5.73 Å². The molecule has 2 aromatic rings. The molecule has 0 heterocycles. The van der Waals surface area contributed by atoms with Crippen molar-refractivity contribution >= 4 is 11.8 Å². The molecule has 2 N–H and O–H groups in total. The van der Waals surface area contributed by atoms with Crippen molar-refractivity contribution in [2.24, 2.45) is 5.73 Å². The smallest absolute Gasteiger partial charge is 0.260 e. The highest BCUT2D eigenvalue weighted by Crippen LogP contribution is 2.09. The molecular weight excluding hydrogens is 252 g/mol. The van der Waals surface area contributed by atoms with Crippen LogP contribution in [0.1, 0.15) is 20.7 Å². The van der Waals surface area contributed by atoms with Crippen LogP contribution in [-0.2, 0) is 0 Å². The van der Waals surface area contributed by atoms with Crippen molar-refractivity contribution in [1.82, 2.24) is 4.90 Å². The molecule has 102 valence electrons. The highest BCUT2D eigenvalue weighted by Gasteiger charge is 2.22. The van der Waals surface area contributed by atoms with Crippen molar-refractivity contribution in [2.45, 2.75) is 0 Å². The van der Waals surface area contributed by atoms with Crippen molar-refractivity contribution in [2.75, 3.05) is 13.1 Å². The first-order valence-electron chi connectivity index (χ1n) is 6.40. The number of carbonyl (C=O) groups excluding carboxylic acids is 2. The van der Waals surface area contributed by atoms with Gasteiger partial charge in [0.25, 0.3) is 11.8 Å². The Hall–Kier alpha value is -2.46. The van der Waals surface area contributed by atoms with Crippen molar-refractivity contribution in [3.8, 4) is 0 Å². The maximum absolute atomic E-state index is 12.4. The lowest BCUT2D eigenvalue weighted by atomic mass is 10.1. The molecule has 0 bridgehead atoms. The van der Waals surface area contributed by atoms with E-state index in [9.17, 15) is 9.59 Å².